The fourth-order valence-corrected chi connectivity index (χ4v) is 8.10. The van der Waals surface area contributed by atoms with E-state index in [0.29, 0.717) is 43.6 Å². The highest BCUT2D eigenvalue weighted by atomic mass is 127. The summed E-state index contributed by atoms with van der Waals surface area (Å²) in [5.74, 6) is -2.99. The van der Waals surface area contributed by atoms with Crippen LogP contribution in [0.25, 0.3) is 16.5 Å². The second-order valence-corrected chi connectivity index (χ2v) is 16.3. The topological polar surface area (TPSA) is 159 Å². The molecule has 12 nitrogen and oxygen atoms in total. The number of hydrogen-bond donors (Lipinski definition) is 2. The first kappa shape index (κ1) is 38.9. The van der Waals surface area contributed by atoms with Crippen LogP contribution in [0.5, 0.6) is 0 Å². The Hall–Kier alpha value is -4.80. The fraction of sp³-hybridized carbons (Fsp3) is 0.256. The number of carboxylic acid groups (broad SMARTS) is 1. The molecule has 0 bridgehead atoms. The average Bonchev–Trinajstić information content (AvgIpc) is 3.46. The van der Waals surface area contributed by atoms with Gasteiger partial charge in [0.15, 0.2) is 5.69 Å². The number of sulfonamides is 1. The van der Waals surface area contributed by atoms with E-state index < -0.39 is 33.7 Å². The van der Waals surface area contributed by atoms with Gasteiger partial charge in [0, 0.05) is 35.3 Å². The fourth-order valence-electron chi connectivity index (χ4n) is 6.37. The van der Waals surface area contributed by atoms with E-state index in [9.17, 15) is 32.7 Å². The first-order valence-electron chi connectivity index (χ1n) is 17.3. The number of carboxylic acids is 1. The van der Waals surface area contributed by atoms with Gasteiger partial charge >= 0.3 is 5.97 Å². The Bertz CT molecular complexity index is 2420. The number of fused-ring (bicyclic) bond motifs is 2. The predicted octanol–water partition coefficient (Wildman–Crippen LogP) is 6.63. The Kier molecular flexibility index (Phi) is 11.7. The van der Waals surface area contributed by atoms with Crippen LogP contribution in [0.2, 0.25) is 5.02 Å². The first-order valence-corrected chi connectivity index (χ1v) is 20.2. The lowest BCUT2D eigenvalue weighted by molar-refractivity contribution is -0.137. The summed E-state index contributed by atoms with van der Waals surface area (Å²) >= 11 is 8.86. The number of carbonyl (C=O) groups excluding carboxylic acids is 3. The number of benzene rings is 4. The molecule has 1 aromatic heterocycles. The van der Waals surface area contributed by atoms with E-state index in [1.807, 2.05) is 49.4 Å². The molecule has 0 saturated heterocycles. The summed E-state index contributed by atoms with van der Waals surface area (Å²) in [6.45, 7) is 4.54. The maximum Gasteiger partial charge on any atom is 0.305 e. The van der Waals surface area contributed by atoms with E-state index in [1.54, 1.807) is 17.9 Å². The van der Waals surface area contributed by atoms with E-state index in [0.717, 1.165) is 26.5 Å². The van der Waals surface area contributed by atoms with Crippen LogP contribution in [0.4, 0.5) is 0 Å². The summed E-state index contributed by atoms with van der Waals surface area (Å²) in [7, 11) is -4.32. The summed E-state index contributed by atoms with van der Waals surface area (Å²) in [5, 5.41) is 15.4. The Morgan fingerprint density at radius 2 is 1.70 bits per heavy atom. The lowest BCUT2D eigenvalue weighted by Gasteiger charge is -2.29. The third-order valence-corrected chi connectivity index (χ3v) is 11.8. The van der Waals surface area contributed by atoms with Crippen LogP contribution in [0.15, 0.2) is 83.8 Å². The maximum atomic E-state index is 14.4. The SMILES string of the molecule is CCCCN(CCC(=O)O)C(=O)c1nn(-c2ccc(C(=O)NS(=O)(=O)c3ccc4ccc(I)cc4c3)cc2C(=O)N2CCc3ccccc3C2)c(C)c1Cl. The van der Waals surface area contributed by atoms with Gasteiger partial charge in [-0.1, -0.05) is 61.3 Å². The molecular weight excluding hydrogens is 845 g/mol. The van der Waals surface area contributed by atoms with Crippen LogP contribution in [0, 0.1) is 10.5 Å². The number of hydrogen-bond acceptors (Lipinski definition) is 7. The summed E-state index contributed by atoms with van der Waals surface area (Å²) in [6, 6.07) is 22.2. The van der Waals surface area contributed by atoms with Crippen molar-refractivity contribution >= 4 is 78.7 Å². The van der Waals surface area contributed by atoms with E-state index in [1.165, 1.54) is 39.9 Å². The second-order valence-electron chi connectivity index (χ2n) is 13.0. The first-order chi connectivity index (χ1) is 25.8. The van der Waals surface area contributed by atoms with Crippen LogP contribution in [0.1, 0.15) is 74.2 Å². The second kappa shape index (κ2) is 16.3. The highest BCUT2D eigenvalue weighted by Gasteiger charge is 2.30. The number of rotatable bonds is 12. The molecule has 0 aliphatic carbocycles. The Morgan fingerprint density at radius 3 is 2.44 bits per heavy atom. The molecule has 3 amide bonds. The molecule has 1 aliphatic rings. The number of halogens is 2. The molecule has 15 heteroatoms. The van der Waals surface area contributed by atoms with Crippen molar-refractivity contribution in [3.05, 3.63) is 121 Å². The molecule has 280 valence electrons. The van der Waals surface area contributed by atoms with Gasteiger partial charge in [-0.25, -0.2) is 17.8 Å². The van der Waals surface area contributed by atoms with E-state index in [4.69, 9.17) is 11.6 Å². The molecule has 0 atom stereocenters. The zero-order valence-electron chi connectivity index (χ0n) is 29.5. The Balaban J connectivity index is 1.38. The minimum Gasteiger partial charge on any atom is -0.481 e. The normalized spacial score (nSPS) is 12.7. The van der Waals surface area contributed by atoms with Crippen LogP contribution in [0.3, 0.4) is 0 Å². The van der Waals surface area contributed by atoms with Crippen molar-refractivity contribution in [3.63, 3.8) is 0 Å². The summed E-state index contributed by atoms with van der Waals surface area (Å²) in [6.07, 6.45) is 1.76. The molecule has 0 fully saturated rings. The van der Waals surface area contributed by atoms with Crippen molar-refractivity contribution < 1.29 is 32.7 Å². The molecular formula is C39H37ClIN5O7S. The smallest absolute Gasteiger partial charge is 0.305 e. The number of unbranched alkanes of at least 4 members (excludes halogenated alkanes) is 1. The Labute approximate surface area is 331 Å². The van der Waals surface area contributed by atoms with Gasteiger partial charge in [0.1, 0.15) is 0 Å². The minimum absolute atomic E-state index is 0.0279. The minimum atomic E-state index is -4.32. The number of aromatic nitrogens is 2. The van der Waals surface area contributed by atoms with Crippen molar-refractivity contribution in [1.82, 2.24) is 24.3 Å². The zero-order chi connectivity index (χ0) is 38.7. The lowest BCUT2D eigenvalue weighted by atomic mass is 9.98. The van der Waals surface area contributed by atoms with Gasteiger partial charge in [-0.3, -0.25) is 19.2 Å². The van der Waals surface area contributed by atoms with Gasteiger partial charge in [0.05, 0.1) is 33.3 Å². The highest BCUT2D eigenvalue weighted by molar-refractivity contribution is 14.1. The number of nitrogens with one attached hydrogen (secondary N) is 1. The van der Waals surface area contributed by atoms with Crippen LogP contribution in [-0.4, -0.2) is 76.4 Å². The molecule has 0 radical (unpaired) electrons. The molecule has 6 rings (SSSR count). The van der Waals surface area contributed by atoms with Gasteiger partial charge in [-0.05, 0) is 107 Å². The predicted molar refractivity (Wildman–Crippen MR) is 213 cm³/mol. The van der Waals surface area contributed by atoms with E-state index in [-0.39, 0.29) is 45.4 Å². The van der Waals surface area contributed by atoms with Gasteiger partial charge in [0.25, 0.3) is 27.7 Å². The number of carbonyl (C=O) groups is 4. The molecule has 0 unspecified atom stereocenters. The lowest BCUT2D eigenvalue weighted by Crippen LogP contribution is -2.37. The Morgan fingerprint density at radius 1 is 0.963 bits per heavy atom. The molecule has 1 aliphatic heterocycles. The third kappa shape index (κ3) is 8.30. The zero-order valence-corrected chi connectivity index (χ0v) is 33.2. The van der Waals surface area contributed by atoms with Crippen LogP contribution < -0.4 is 4.72 Å². The molecule has 4 aromatic carbocycles. The highest BCUT2D eigenvalue weighted by Crippen LogP contribution is 2.29. The molecule has 54 heavy (non-hydrogen) atoms. The van der Waals surface area contributed by atoms with Crippen molar-refractivity contribution in [2.75, 3.05) is 19.6 Å². The van der Waals surface area contributed by atoms with Crippen molar-refractivity contribution in [2.24, 2.45) is 0 Å². The van der Waals surface area contributed by atoms with Gasteiger partial charge in [-0.2, -0.15) is 5.10 Å². The van der Waals surface area contributed by atoms with E-state index >= 15 is 0 Å². The molecule has 2 heterocycles. The molecule has 0 saturated carbocycles. The van der Waals surface area contributed by atoms with E-state index in [2.05, 4.69) is 32.4 Å². The summed E-state index contributed by atoms with van der Waals surface area (Å²) in [4.78, 5) is 56.1. The molecule has 5 aromatic rings. The largest absolute Gasteiger partial charge is 0.481 e. The van der Waals surface area contributed by atoms with Crippen molar-refractivity contribution in [3.8, 4) is 5.69 Å². The van der Waals surface area contributed by atoms with Crippen LogP contribution in [-0.2, 0) is 27.8 Å². The van der Waals surface area contributed by atoms with Gasteiger partial charge in [-0.15, -0.1) is 0 Å². The van der Waals surface area contributed by atoms with Crippen molar-refractivity contribution in [1.29, 1.82) is 0 Å². The standard InChI is InChI=1S/C39H37ClIN5O7S/c1-3-4-17-44(19-16-34(47)48)39(51)36-35(40)24(2)46(42-36)33-14-11-27(22-32(33)38(50)45-18-15-25-7-5-6-8-28(25)23-45)37(49)43-54(52,53)31-13-10-26-9-12-30(41)20-29(26)21-31/h5-14,20-22H,3-4,15-19,23H2,1-2H3,(H,43,49)(H,47,48). The maximum absolute atomic E-state index is 14.4. The monoisotopic (exact) mass is 881 g/mol. The van der Waals surface area contributed by atoms with Gasteiger partial charge < -0.3 is 14.9 Å². The third-order valence-electron chi connectivity index (χ3n) is 9.36. The number of amides is 3. The number of nitrogens with zero attached hydrogens (tertiary/aromatic N) is 4. The molecule has 0 spiro atoms. The quantitative estimate of drug-likeness (QED) is 0.132. The van der Waals surface area contributed by atoms with Crippen LogP contribution >= 0.6 is 34.2 Å². The average molecular weight is 882 g/mol. The molecule has 2 N–H and O–H groups in total. The van der Waals surface area contributed by atoms with Crippen molar-refractivity contribution in [2.45, 2.75) is 51.0 Å². The summed E-state index contributed by atoms with van der Waals surface area (Å²) < 4.78 is 31.3. The van der Waals surface area contributed by atoms with Gasteiger partial charge in [0.2, 0.25) is 0 Å². The summed E-state index contributed by atoms with van der Waals surface area (Å²) in [5.41, 5.74) is 2.47. The number of aliphatic carboxylic acids is 1.